The fourth-order valence-corrected chi connectivity index (χ4v) is 10.1. The third kappa shape index (κ3) is 26.1. The Morgan fingerprint density at radius 2 is 0.791 bits per heavy atom. The predicted molar refractivity (Wildman–Crippen MR) is 354 cm³/mol. The van der Waals surface area contributed by atoms with Crippen molar-refractivity contribution >= 4 is 41.3 Å². The molecule has 1 aliphatic rings. The van der Waals surface area contributed by atoms with E-state index >= 15 is 0 Å². The number of benzene rings is 5. The second-order valence-electron chi connectivity index (χ2n) is 25.8. The average molecular weight is 1260 g/mol. The van der Waals surface area contributed by atoms with Crippen molar-refractivity contribution in [1.29, 1.82) is 0 Å². The van der Waals surface area contributed by atoms with Crippen molar-refractivity contribution in [2.45, 2.75) is 221 Å². The van der Waals surface area contributed by atoms with Gasteiger partial charge in [0.2, 0.25) is 0 Å². The third-order valence-corrected chi connectivity index (χ3v) is 15.2. The van der Waals surface area contributed by atoms with E-state index in [1.807, 2.05) is 53.4 Å². The Morgan fingerprint density at radius 3 is 1.12 bits per heavy atom. The lowest BCUT2D eigenvalue weighted by Gasteiger charge is -2.44. The van der Waals surface area contributed by atoms with Gasteiger partial charge in [-0.1, -0.05) is 134 Å². The molecule has 0 spiro atoms. The van der Waals surface area contributed by atoms with Gasteiger partial charge in [0, 0.05) is 62.9 Å². The first-order valence-corrected chi connectivity index (χ1v) is 31.7. The van der Waals surface area contributed by atoms with Crippen LogP contribution in [0, 0.1) is 0 Å². The number of hydrogen-bond acceptors (Lipinski definition) is 12. The summed E-state index contributed by atoms with van der Waals surface area (Å²) in [6.45, 7) is 31.1. The minimum atomic E-state index is -0.988. The molecule has 18 nitrogen and oxygen atoms in total. The van der Waals surface area contributed by atoms with E-state index in [0.717, 1.165) is 40.8 Å². The highest BCUT2D eigenvalue weighted by Crippen LogP contribution is 2.31. The lowest BCUT2D eigenvalue weighted by molar-refractivity contribution is -0.150. The van der Waals surface area contributed by atoms with Gasteiger partial charge in [-0.2, -0.15) is 0 Å². The maximum absolute atomic E-state index is 13.3. The van der Waals surface area contributed by atoms with E-state index in [1.54, 1.807) is 102 Å². The maximum atomic E-state index is 13.3. The number of carboxylic acid groups (broad SMARTS) is 3. The van der Waals surface area contributed by atoms with E-state index in [4.69, 9.17) is 28.4 Å². The number of nitrogens with zero attached hydrogens (tertiary/aromatic N) is 1. The molecule has 6 rings (SSSR count). The molecule has 5 aromatic rings. The summed E-state index contributed by atoms with van der Waals surface area (Å²) in [7, 11) is 0. The van der Waals surface area contributed by atoms with Crippen LogP contribution in [0.2, 0.25) is 0 Å². The molecular formula is C73H101N3O15. The Balaban J connectivity index is 0.000000291. The highest BCUT2D eigenvalue weighted by atomic mass is 16.5. The summed E-state index contributed by atoms with van der Waals surface area (Å²) in [6.07, 6.45) is 1.95. The highest BCUT2D eigenvalue weighted by Gasteiger charge is 2.37. The fourth-order valence-electron chi connectivity index (χ4n) is 10.1. The van der Waals surface area contributed by atoms with E-state index < -0.39 is 54.5 Å². The van der Waals surface area contributed by atoms with Gasteiger partial charge in [-0.3, -0.25) is 14.4 Å². The smallest absolute Gasteiger partial charge is 0.333 e. The molecule has 0 aromatic heterocycles. The first kappa shape index (κ1) is 75.7. The van der Waals surface area contributed by atoms with E-state index in [-0.39, 0.29) is 59.4 Å². The number of nitrogens with one attached hydrogen (secondary N) is 2. The monoisotopic (exact) mass is 1260 g/mol. The minimum Gasteiger partial charge on any atom is -0.481 e. The molecular weight excluding hydrogens is 1160 g/mol. The summed E-state index contributed by atoms with van der Waals surface area (Å²) in [4.78, 5) is 73.8. The fraction of sp³-hybridized carbons (Fsp3) is 0.507. The topological polar surface area (TPSA) is 246 Å². The van der Waals surface area contributed by atoms with E-state index in [2.05, 4.69) is 85.1 Å². The number of rotatable bonds is 28. The van der Waals surface area contributed by atoms with Crippen molar-refractivity contribution in [3.05, 3.63) is 155 Å². The van der Waals surface area contributed by atoms with Crippen LogP contribution in [-0.2, 0) is 79.6 Å². The third-order valence-electron chi connectivity index (χ3n) is 15.2. The van der Waals surface area contributed by atoms with Crippen LogP contribution in [0.15, 0.2) is 121 Å². The van der Waals surface area contributed by atoms with Gasteiger partial charge in [-0.05, 0) is 168 Å². The van der Waals surface area contributed by atoms with Crippen LogP contribution in [0.25, 0.3) is 0 Å². The molecule has 5 N–H and O–H groups in total. The number of carbonyl (C=O) groups excluding carboxylic acids is 3. The number of anilines is 1. The van der Waals surface area contributed by atoms with Crippen LogP contribution in [0.4, 0.5) is 5.69 Å². The number of carboxylic acids is 3. The Bertz CT molecular complexity index is 3030. The lowest BCUT2D eigenvalue weighted by atomic mass is 9.87. The Labute approximate surface area is 539 Å². The molecule has 0 radical (unpaired) electrons. The van der Waals surface area contributed by atoms with Crippen LogP contribution in [0.3, 0.4) is 0 Å². The number of ether oxygens (including phenoxy) is 6. The van der Waals surface area contributed by atoms with Crippen LogP contribution < -0.4 is 24.8 Å². The van der Waals surface area contributed by atoms with E-state index in [9.17, 15) is 44.1 Å². The van der Waals surface area contributed by atoms with Gasteiger partial charge >= 0.3 is 17.9 Å². The molecule has 0 aliphatic heterocycles. The van der Waals surface area contributed by atoms with Gasteiger partial charge in [0.1, 0.15) is 17.2 Å². The van der Waals surface area contributed by atoms with Crippen LogP contribution in [0.1, 0.15) is 169 Å². The summed E-state index contributed by atoms with van der Waals surface area (Å²) in [5, 5.41) is 33.4. The molecule has 18 heteroatoms. The zero-order valence-corrected chi connectivity index (χ0v) is 56.3. The summed E-state index contributed by atoms with van der Waals surface area (Å²) in [5.74, 6) is -1.70. The molecule has 91 heavy (non-hydrogen) atoms. The van der Waals surface area contributed by atoms with Crippen LogP contribution in [-0.4, -0.2) is 124 Å². The average Bonchev–Trinajstić information content (AvgIpc) is 0.926. The molecule has 0 saturated heterocycles. The molecule has 0 heterocycles. The van der Waals surface area contributed by atoms with Gasteiger partial charge in [0.25, 0.3) is 17.7 Å². The van der Waals surface area contributed by atoms with Crippen molar-refractivity contribution in [2.75, 3.05) is 25.1 Å². The van der Waals surface area contributed by atoms with Crippen molar-refractivity contribution in [3.8, 4) is 17.2 Å². The molecule has 1 saturated carbocycles. The van der Waals surface area contributed by atoms with Gasteiger partial charge in [-0.15, -0.1) is 0 Å². The Morgan fingerprint density at radius 1 is 0.462 bits per heavy atom. The molecule has 3 unspecified atom stereocenters. The summed E-state index contributed by atoms with van der Waals surface area (Å²) in [5.41, 5.74) is 6.57. The highest BCUT2D eigenvalue weighted by molar-refractivity contribution is 5.94. The predicted octanol–water partition coefficient (Wildman–Crippen LogP) is 13.0. The van der Waals surface area contributed by atoms with Gasteiger partial charge in [-0.25, -0.2) is 14.4 Å². The van der Waals surface area contributed by atoms with Crippen LogP contribution in [0.5, 0.6) is 17.2 Å². The summed E-state index contributed by atoms with van der Waals surface area (Å²) in [6, 6.07) is 37.5. The number of carbonyl (C=O) groups is 6. The van der Waals surface area contributed by atoms with Gasteiger partial charge in [0.15, 0.2) is 36.6 Å². The number of amides is 3. The second-order valence-corrected chi connectivity index (χ2v) is 25.8. The lowest BCUT2D eigenvalue weighted by Crippen LogP contribution is -2.55. The van der Waals surface area contributed by atoms with Crippen LogP contribution >= 0.6 is 0 Å². The molecule has 0 bridgehead atoms. The maximum Gasteiger partial charge on any atom is 0.333 e. The zero-order chi connectivity index (χ0) is 67.6. The van der Waals surface area contributed by atoms with Crippen molar-refractivity contribution < 1.29 is 72.5 Å². The standard InChI is InChI=1S/C25H33NO5.C24H31NO5.C24H37NO5/c1-6-30-22(24(28)29)15-18-9-13-21(14-10-18)31-17(2)23(27)26-16-19-7-11-20(12-8-19)25(3,4)5;1-6-29-21(23(27)28)15-17-7-13-20(14-8-17)30-16(2)22(26)25-19-11-9-18(10-12-19)24(3,4)5;1-6-29-21(23(27)28)16-18-12-14-20(15-13-18)30-17(2)22(26)25(24(3,4)5)19-10-8-7-9-11-19/h7-14,17,22H,6,15-16H2,1-5H3,(H,26,27)(H,28,29);7-14,16,21H,6,15H2,1-5H3,(H,25,26)(H,27,28);12-15,17,19,21H,6-11,16H2,1-5H3,(H,27,28)/t17?,22-;16?,21-;17?,21-/m111/s1. The normalized spacial score (nSPS) is 14.6. The molecule has 498 valence electrons. The first-order valence-electron chi connectivity index (χ1n) is 31.7. The molecule has 5 aromatic carbocycles. The van der Waals surface area contributed by atoms with Crippen molar-refractivity contribution in [2.24, 2.45) is 0 Å². The second kappa shape index (κ2) is 36.3. The molecule has 1 aliphatic carbocycles. The summed E-state index contributed by atoms with van der Waals surface area (Å²) < 4.78 is 33.1. The molecule has 1 fully saturated rings. The zero-order valence-electron chi connectivity index (χ0n) is 56.3. The van der Waals surface area contributed by atoms with Gasteiger partial charge < -0.3 is 59.3 Å². The summed E-state index contributed by atoms with van der Waals surface area (Å²) >= 11 is 0. The first-order chi connectivity index (χ1) is 42.8. The molecule has 6 atom stereocenters. The van der Waals surface area contributed by atoms with Gasteiger partial charge in [0.05, 0.1) is 0 Å². The quantitative estimate of drug-likeness (QED) is 0.0313. The Hall–Kier alpha value is -7.80. The number of hydrogen-bond donors (Lipinski definition) is 5. The molecule has 3 amide bonds. The largest absolute Gasteiger partial charge is 0.481 e. The minimum absolute atomic E-state index is 0.0146. The van der Waals surface area contributed by atoms with E-state index in [0.29, 0.717) is 43.6 Å². The Kier molecular flexibility index (Phi) is 30.2. The SMILES string of the molecule is CCO[C@H](Cc1ccc(OC(C)C(=O)N(C2CCCCC2)C(C)(C)C)cc1)C(=O)O.CCO[C@H](Cc1ccc(OC(C)C(=O)NCc2ccc(C(C)(C)C)cc2)cc1)C(=O)O.CCO[C@H](Cc1ccc(OC(C)C(=O)Nc2ccc(C(C)(C)C)cc2)cc1)C(=O)O. The van der Waals surface area contributed by atoms with E-state index in [1.165, 1.54) is 30.4 Å². The van der Waals surface area contributed by atoms with Crippen molar-refractivity contribution in [1.82, 2.24) is 10.2 Å². The number of aliphatic carboxylic acids is 3. The van der Waals surface area contributed by atoms with Crippen molar-refractivity contribution in [3.63, 3.8) is 0 Å².